The third-order valence-corrected chi connectivity index (χ3v) is 10.9. The lowest BCUT2D eigenvalue weighted by atomic mass is 10.0. The van der Waals surface area contributed by atoms with Gasteiger partial charge in [-0.1, -0.05) is 156 Å². The topological polar surface area (TPSA) is 88.2 Å². The van der Waals surface area contributed by atoms with Crippen LogP contribution in [0.4, 0.5) is 4.79 Å². The summed E-state index contributed by atoms with van der Waals surface area (Å²) in [6, 6.07) is -0.0344. The Labute approximate surface area is 343 Å². The molecule has 0 aliphatic heterocycles. The molecule has 55 heavy (non-hydrogen) atoms. The van der Waals surface area contributed by atoms with Crippen molar-refractivity contribution in [2.75, 3.05) is 46.9 Å². The van der Waals surface area contributed by atoms with Crippen LogP contribution in [0, 0.1) is 0 Å². The molecule has 0 fully saturated rings. The van der Waals surface area contributed by atoms with E-state index in [1.54, 1.807) is 19.0 Å². The minimum Gasteiger partial charge on any atom is -0.466 e. The number of carbonyl (C=O) groups excluding carboxylic acids is 3. The van der Waals surface area contributed by atoms with Crippen molar-refractivity contribution >= 4 is 18.0 Å². The Hall–Kier alpha value is -1.83. The Bertz CT molecular complexity index is 846. The number of hydrogen-bond acceptors (Lipinski definition) is 6. The van der Waals surface area contributed by atoms with Crippen LogP contribution in [-0.2, 0) is 19.1 Å². The predicted molar refractivity (Wildman–Crippen MR) is 236 cm³/mol. The van der Waals surface area contributed by atoms with Gasteiger partial charge in [0.05, 0.1) is 6.61 Å². The molecule has 0 radical (unpaired) electrons. The molecule has 0 aromatic heterocycles. The smallest absolute Gasteiger partial charge is 0.316 e. The lowest BCUT2D eigenvalue weighted by molar-refractivity contribution is -0.150. The fourth-order valence-corrected chi connectivity index (χ4v) is 7.21. The molecule has 0 bridgehead atoms. The van der Waals surface area contributed by atoms with E-state index in [-0.39, 0.29) is 25.5 Å². The number of amides is 2. The van der Waals surface area contributed by atoms with Crippen molar-refractivity contribution in [1.82, 2.24) is 15.1 Å². The summed E-state index contributed by atoms with van der Waals surface area (Å²) >= 11 is 0. The van der Waals surface area contributed by atoms with E-state index in [0.29, 0.717) is 26.0 Å². The second kappa shape index (κ2) is 41.8. The maximum atomic E-state index is 12.8. The average molecular weight is 782 g/mol. The van der Waals surface area contributed by atoms with Crippen LogP contribution in [0.2, 0.25) is 0 Å². The van der Waals surface area contributed by atoms with Crippen molar-refractivity contribution in [1.29, 1.82) is 0 Å². The van der Waals surface area contributed by atoms with Crippen molar-refractivity contribution in [2.24, 2.45) is 0 Å². The van der Waals surface area contributed by atoms with Gasteiger partial charge in [-0.05, 0) is 83.8 Å². The molecule has 8 heteroatoms. The Balaban J connectivity index is 0. The molecular formula is C47H95N3O5. The van der Waals surface area contributed by atoms with Crippen LogP contribution in [0.15, 0.2) is 0 Å². The molecule has 0 saturated carbocycles. The molecule has 0 atom stereocenters. The zero-order valence-electron chi connectivity index (χ0n) is 37.4. The van der Waals surface area contributed by atoms with E-state index in [0.717, 1.165) is 103 Å². The van der Waals surface area contributed by atoms with Gasteiger partial charge in [0.2, 0.25) is 0 Å². The molecule has 0 aromatic carbocycles. The molecular weight excluding hydrogens is 687 g/mol. The number of urea groups is 1. The highest BCUT2D eigenvalue weighted by atomic mass is 16.5. The maximum Gasteiger partial charge on any atom is 0.316 e. The highest BCUT2D eigenvalue weighted by Crippen LogP contribution is 2.18. The second-order valence-electron chi connectivity index (χ2n) is 16.6. The Morgan fingerprint density at radius 3 is 1.38 bits per heavy atom. The second-order valence-corrected chi connectivity index (χ2v) is 16.6. The summed E-state index contributed by atoms with van der Waals surface area (Å²) in [5, 5.41) is 3.00. The molecule has 0 aliphatic rings. The van der Waals surface area contributed by atoms with Gasteiger partial charge in [-0.25, -0.2) is 4.79 Å². The highest BCUT2D eigenvalue weighted by molar-refractivity contribution is 5.73. The van der Waals surface area contributed by atoms with Gasteiger partial charge in [0.1, 0.15) is 6.10 Å². The molecule has 0 saturated heterocycles. The van der Waals surface area contributed by atoms with Crippen molar-refractivity contribution < 1.29 is 25.3 Å². The fourth-order valence-electron chi connectivity index (χ4n) is 7.21. The van der Waals surface area contributed by atoms with Gasteiger partial charge in [0.25, 0.3) is 0 Å². The molecule has 2 amide bonds. The van der Waals surface area contributed by atoms with Gasteiger partial charge in [0.15, 0.2) is 0 Å². The maximum absolute atomic E-state index is 12.8. The number of carbonyl (C=O) groups is 3. The van der Waals surface area contributed by atoms with Crippen LogP contribution in [0.3, 0.4) is 0 Å². The van der Waals surface area contributed by atoms with Crippen LogP contribution >= 0.6 is 0 Å². The van der Waals surface area contributed by atoms with Gasteiger partial charge < -0.3 is 24.6 Å². The van der Waals surface area contributed by atoms with Gasteiger partial charge in [-0.2, -0.15) is 0 Å². The lowest BCUT2D eigenvalue weighted by Crippen LogP contribution is -2.36. The van der Waals surface area contributed by atoms with Crippen molar-refractivity contribution in [3.05, 3.63) is 0 Å². The normalized spacial score (nSPS) is 11.4. The largest absolute Gasteiger partial charge is 0.466 e. The molecule has 1 N–H and O–H groups in total. The number of rotatable bonds is 42. The number of nitrogens with one attached hydrogen (secondary N) is 1. The van der Waals surface area contributed by atoms with Crippen LogP contribution in [0.1, 0.15) is 234 Å². The summed E-state index contributed by atoms with van der Waals surface area (Å²) < 4.78 is 11.5. The van der Waals surface area contributed by atoms with Gasteiger partial charge in [0, 0.05) is 34.9 Å². The Morgan fingerprint density at radius 1 is 0.491 bits per heavy atom. The van der Waals surface area contributed by atoms with Gasteiger partial charge in [-0.15, -0.1) is 0 Å². The summed E-state index contributed by atoms with van der Waals surface area (Å²) in [5.74, 6) is -0.0230. The minimum absolute atomic E-state index is 0. The van der Waals surface area contributed by atoms with E-state index in [9.17, 15) is 14.4 Å². The zero-order valence-corrected chi connectivity index (χ0v) is 37.4. The van der Waals surface area contributed by atoms with E-state index in [4.69, 9.17) is 9.47 Å². The molecule has 0 rings (SSSR count). The third kappa shape index (κ3) is 38.8. The highest BCUT2D eigenvalue weighted by Gasteiger charge is 2.14. The van der Waals surface area contributed by atoms with E-state index in [2.05, 4.69) is 31.0 Å². The SMILES string of the molecule is CCCCCCCCOC(=O)CCCCCCCN(CCCCCCCC(=O)OC(CCCCCCCC)CCCCCCCC)CCCNC(=O)N(C)C.[HH]. The monoisotopic (exact) mass is 782 g/mol. The third-order valence-electron chi connectivity index (χ3n) is 10.9. The van der Waals surface area contributed by atoms with Crippen molar-refractivity contribution in [3.63, 3.8) is 0 Å². The Kier molecular flexibility index (Phi) is 40.4. The zero-order chi connectivity index (χ0) is 40.5. The number of unbranched alkanes of at least 4 members (excludes halogenated alkanes) is 23. The van der Waals surface area contributed by atoms with Crippen LogP contribution in [-0.4, -0.2) is 80.8 Å². The van der Waals surface area contributed by atoms with E-state index in [1.165, 1.54) is 116 Å². The summed E-state index contributed by atoms with van der Waals surface area (Å²) in [5.41, 5.74) is 0. The first-order chi connectivity index (χ1) is 26.8. The molecule has 0 aromatic rings. The fraction of sp³-hybridized carbons (Fsp3) is 0.936. The van der Waals surface area contributed by atoms with Crippen molar-refractivity contribution in [3.8, 4) is 0 Å². The van der Waals surface area contributed by atoms with Crippen LogP contribution in [0.5, 0.6) is 0 Å². The summed E-state index contributed by atoms with van der Waals surface area (Å²) in [6.07, 6.45) is 37.8. The molecule has 0 unspecified atom stereocenters. The first-order valence-electron chi connectivity index (χ1n) is 23.9. The van der Waals surface area contributed by atoms with Crippen LogP contribution in [0.25, 0.3) is 0 Å². The first-order valence-corrected chi connectivity index (χ1v) is 23.9. The molecule has 8 nitrogen and oxygen atoms in total. The lowest BCUT2D eigenvalue weighted by Gasteiger charge is -2.23. The molecule has 0 spiro atoms. The summed E-state index contributed by atoms with van der Waals surface area (Å²) in [4.78, 5) is 40.9. The van der Waals surface area contributed by atoms with Gasteiger partial charge in [-0.3, -0.25) is 9.59 Å². The molecule has 0 heterocycles. The quantitative estimate of drug-likeness (QED) is 0.0490. The van der Waals surface area contributed by atoms with Gasteiger partial charge >= 0.3 is 18.0 Å². The van der Waals surface area contributed by atoms with E-state index < -0.39 is 0 Å². The summed E-state index contributed by atoms with van der Waals surface area (Å²) in [6.45, 7) is 11.2. The number of ether oxygens (including phenoxy) is 2. The van der Waals surface area contributed by atoms with E-state index in [1.807, 2.05) is 0 Å². The predicted octanol–water partition coefficient (Wildman–Crippen LogP) is 13.2. The molecule has 0 aliphatic carbocycles. The number of esters is 2. The minimum atomic E-state index is -0.0349. The standard InChI is InChI=1S/C47H93N3O5.H2/c1-6-9-12-15-20-27-35-44(36-28-21-16-13-10-7-2)55-46(52)38-30-23-19-25-32-41-50(42-34-39-48-47(53)49(4)5)40-31-24-18-22-29-37-45(51)54-43-33-26-17-14-11-8-3;/h44H,6-43H2,1-5H3,(H,48,53);1H. The number of nitrogens with zero attached hydrogens (tertiary/aromatic N) is 2. The number of hydrogen-bond donors (Lipinski definition) is 1. The summed E-state index contributed by atoms with van der Waals surface area (Å²) in [7, 11) is 3.55. The first kappa shape index (κ1) is 53.2. The Morgan fingerprint density at radius 2 is 0.891 bits per heavy atom. The average Bonchev–Trinajstić information content (AvgIpc) is 3.17. The van der Waals surface area contributed by atoms with Crippen LogP contribution < -0.4 is 5.32 Å². The van der Waals surface area contributed by atoms with E-state index >= 15 is 0 Å². The molecule has 328 valence electrons. The van der Waals surface area contributed by atoms with Crippen molar-refractivity contribution in [2.45, 2.75) is 239 Å².